The lowest BCUT2D eigenvalue weighted by Crippen LogP contribution is -2.43. The molecule has 0 unspecified atom stereocenters. The lowest BCUT2D eigenvalue weighted by Gasteiger charge is -2.22. The molecule has 0 saturated heterocycles. The van der Waals surface area contributed by atoms with E-state index in [0.29, 0.717) is 18.4 Å². The molecule has 114 valence electrons. The van der Waals surface area contributed by atoms with Crippen LogP contribution in [0.25, 0.3) is 0 Å². The number of nitrogens with one attached hydrogen (secondary N) is 1. The van der Waals surface area contributed by atoms with Crippen molar-refractivity contribution in [2.75, 3.05) is 6.54 Å². The van der Waals surface area contributed by atoms with Crippen molar-refractivity contribution in [1.82, 2.24) is 5.32 Å². The summed E-state index contributed by atoms with van der Waals surface area (Å²) in [5, 5.41) is 13.5. The normalized spacial score (nSPS) is 15.4. The van der Waals surface area contributed by atoms with Crippen molar-refractivity contribution >= 4 is 5.91 Å². The van der Waals surface area contributed by atoms with E-state index in [9.17, 15) is 9.90 Å². The summed E-state index contributed by atoms with van der Waals surface area (Å²) in [6, 6.07) is 15.7. The topological polar surface area (TPSA) is 49.3 Å². The number of carbonyl (C=O) groups excluding carboxylic acids is 1. The summed E-state index contributed by atoms with van der Waals surface area (Å²) in [6.07, 6.45) is 2.15. The van der Waals surface area contributed by atoms with Crippen molar-refractivity contribution < 1.29 is 9.90 Å². The lowest BCUT2D eigenvalue weighted by atomic mass is 10.0. The molecule has 3 nitrogen and oxygen atoms in total. The fourth-order valence-electron chi connectivity index (χ4n) is 3.04. The molecule has 0 aliphatic heterocycles. The largest absolute Gasteiger partial charge is 0.387 e. The highest BCUT2D eigenvalue weighted by molar-refractivity contribution is 5.94. The molecule has 0 fully saturated rings. The van der Waals surface area contributed by atoms with E-state index in [0.717, 1.165) is 6.42 Å². The monoisotopic (exact) mass is 295 g/mol. The molecule has 0 atom stereocenters. The van der Waals surface area contributed by atoms with E-state index in [-0.39, 0.29) is 12.5 Å². The molecule has 0 bridgehead atoms. The molecular formula is C19H21NO2. The van der Waals surface area contributed by atoms with E-state index in [1.165, 1.54) is 16.7 Å². The van der Waals surface area contributed by atoms with Crippen LogP contribution >= 0.6 is 0 Å². The molecule has 22 heavy (non-hydrogen) atoms. The minimum Gasteiger partial charge on any atom is -0.387 e. The summed E-state index contributed by atoms with van der Waals surface area (Å²) in [5.74, 6) is -0.132. The Balaban J connectivity index is 1.61. The van der Waals surface area contributed by atoms with Gasteiger partial charge in [0.25, 0.3) is 5.91 Å². The predicted octanol–water partition coefficient (Wildman–Crippen LogP) is 2.51. The molecule has 0 radical (unpaired) electrons. The molecule has 0 heterocycles. The Morgan fingerprint density at radius 1 is 1.09 bits per heavy atom. The third kappa shape index (κ3) is 3.04. The zero-order valence-corrected chi connectivity index (χ0v) is 12.8. The SMILES string of the molecule is CCc1ccc(C(=O)NCC2(O)Cc3ccccc3C2)cc1. The van der Waals surface area contributed by atoms with Crippen molar-refractivity contribution in [3.8, 4) is 0 Å². The van der Waals surface area contributed by atoms with Gasteiger partial charge in [-0.2, -0.15) is 0 Å². The van der Waals surface area contributed by atoms with Gasteiger partial charge in [0.15, 0.2) is 0 Å². The summed E-state index contributed by atoms with van der Waals surface area (Å²) in [7, 11) is 0. The van der Waals surface area contributed by atoms with Crippen LogP contribution < -0.4 is 5.32 Å². The number of hydrogen-bond donors (Lipinski definition) is 2. The highest BCUT2D eigenvalue weighted by atomic mass is 16.3. The first-order valence-electron chi connectivity index (χ1n) is 7.76. The number of hydrogen-bond acceptors (Lipinski definition) is 2. The number of aryl methyl sites for hydroxylation is 1. The second-order valence-corrected chi connectivity index (χ2v) is 6.08. The quantitative estimate of drug-likeness (QED) is 0.910. The molecule has 1 aliphatic carbocycles. The van der Waals surface area contributed by atoms with Gasteiger partial charge in [-0.05, 0) is 35.2 Å². The molecule has 3 rings (SSSR count). The molecule has 3 heteroatoms. The van der Waals surface area contributed by atoms with Gasteiger partial charge in [0.2, 0.25) is 0 Å². The Bertz CT molecular complexity index is 651. The van der Waals surface area contributed by atoms with Crippen LogP contribution in [-0.2, 0) is 19.3 Å². The molecule has 2 aromatic rings. The Morgan fingerprint density at radius 3 is 2.23 bits per heavy atom. The van der Waals surface area contributed by atoms with Crippen molar-refractivity contribution in [2.45, 2.75) is 31.8 Å². The average molecular weight is 295 g/mol. The van der Waals surface area contributed by atoms with Crippen LogP contribution in [-0.4, -0.2) is 23.2 Å². The lowest BCUT2D eigenvalue weighted by molar-refractivity contribution is 0.0480. The van der Waals surface area contributed by atoms with Crippen molar-refractivity contribution in [3.05, 3.63) is 70.8 Å². The summed E-state index contributed by atoms with van der Waals surface area (Å²) in [5.41, 5.74) is 3.32. The first-order chi connectivity index (χ1) is 10.6. The zero-order valence-electron chi connectivity index (χ0n) is 12.8. The molecule has 1 aliphatic rings. The average Bonchev–Trinajstić information content (AvgIpc) is 2.89. The number of aliphatic hydroxyl groups is 1. The zero-order chi connectivity index (χ0) is 15.6. The van der Waals surface area contributed by atoms with Crippen LogP contribution in [0, 0.1) is 0 Å². The number of rotatable bonds is 4. The van der Waals surface area contributed by atoms with E-state index in [4.69, 9.17) is 0 Å². The van der Waals surface area contributed by atoms with Crippen molar-refractivity contribution in [3.63, 3.8) is 0 Å². The van der Waals surface area contributed by atoms with E-state index >= 15 is 0 Å². The maximum atomic E-state index is 12.2. The Morgan fingerprint density at radius 2 is 1.68 bits per heavy atom. The molecule has 2 aromatic carbocycles. The van der Waals surface area contributed by atoms with Crippen LogP contribution in [0.3, 0.4) is 0 Å². The molecule has 1 amide bonds. The van der Waals surface area contributed by atoms with Gasteiger partial charge in [-0.15, -0.1) is 0 Å². The standard InChI is InChI=1S/C19H21NO2/c1-2-14-7-9-15(10-8-14)18(21)20-13-19(22)11-16-5-3-4-6-17(16)12-19/h3-10,22H,2,11-13H2,1H3,(H,20,21). The number of fused-ring (bicyclic) bond motifs is 1. The van der Waals surface area contributed by atoms with Crippen molar-refractivity contribution in [1.29, 1.82) is 0 Å². The third-order valence-corrected chi connectivity index (χ3v) is 4.36. The van der Waals surface area contributed by atoms with Gasteiger partial charge in [-0.1, -0.05) is 43.3 Å². The van der Waals surface area contributed by atoms with E-state index in [1.807, 2.05) is 48.5 Å². The Labute approximate surface area is 131 Å². The second-order valence-electron chi connectivity index (χ2n) is 6.08. The van der Waals surface area contributed by atoms with Gasteiger partial charge in [-0.3, -0.25) is 4.79 Å². The Kier molecular flexibility index (Phi) is 3.99. The third-order valence-electron chi connectivity index (χ3n) is 4.36. The summed E-state index contributed by atoms with van der Waals surface area (Å²) < 4.78 is 0. The summed E-state index contributed by atoms with van der Waals surface area (Å²) >= 11 is 0. The number of carbonyl (C=O) groups is 1. The highest BCUT2D eigenvalue weighted by Gasteiger charge is 2.35. The minimum atomic E-state index is -0.872. The van der Waals surface area contributed by atoms with Crippen LogP contribution in [0.2, 0.25) is 0 Å². The van der Waals surface area contributed by atoms with Crippen molar-refractivity contribution in [2.24, 2.45) is 0 Å². The number of amides is 1. The molecule has 2 N–H and O–H groups in total. The molecule has 0 aromatic heterocycles. The predicted molar refractivity (Wildman–Crippen MR) is 87.0 cm³/mol. The minimum absolute atomic E-state index is 0.132. The fourth-order valence-corrected chi connectivity index (χ4v) is 3.04. The van der Waals surface area contributed by atoms with Crippen LogP contribution in [0.4, 0.5) is 0 Å². The van der Waals surface area contributed by atoms with Gasteiger partial charge in [0.05, 0.1) is 5.60 Å². The molecule has 0 spiro atoms. The van der Waals surface area contributed by atoms with Gasteiger partial charge < -0.3 is 10.4 Å². The molecule has 0 saturated carbocycles. The second kappa shape index (κ2) is 5.93. The first-order valence-corrected chi connectivity index (χ1v) is 7.76. The van der Waals surface area contributed by atoms with E-state index < -0.39 is 5.60 Å². The Hall–Kier alpha value is -2.13. The molecular weight excluding hydrogens is 274 g/mol. The van der Waals surface area contributed by atoms with Crippen LogP contribution in [0.5, 0.6) is 0 Å². The van der Waals surface area contributed by atoms with Gasteiger partial charge in [-0.25, -0.2) is 0 Å². The van der Waals surface area contributed by atoms with E-state index in [1.54, 1.807) is 0 Å². The van der Waals surface area contributed by atoms with Crippen LogP contribution in [0.15, 0.2) is 48.5 Å². The summed E-state index contributed by atoms with van der Waals surface area (Å²) in [6.45, 7) is 2.36. The van der Waals surface area contributed by atoms with Gasteiger partial charge >= 0.3 is 0 Å². The van der Waals surface area contributed by atoms with Gasteiger partial charge in [0.1, 0.15) is 0 Å². The fraction of sp³-hybridized carbons (Fsp3) is 0.316. The first kappa shape index (κ1) is 14.8. The smallest absolute Gasteiger partial charge is 0.251 e. The maximum absolute atomic E-state index is 12.2. The highest BCUT2D eigenvalue weighted by Crippen LogP contribution is 2.29. The maximum Gasteiger partial charge on any atom is 0.251 e. The van der Waals surface area contributed by atoms with Gasteiger partial charge in [0, 0.05) is 24.9 Å². The summed E-state index contributed by atoms with van der Waals surface area (Å²) in [4.78, 5) is 12.2. The van der Waals surface area contributed by atoms with E-state index in [2.05, 4.69) is 12.2 Å². The van der Waals surface area contributed by atoms with Crippen LogP contribution in [0.1, 0.15) is 34.0 Å². The number of benzene rings is 2.